The smallest absolute Gasteiger partial charge is 0.277 e. The van der Waals surface area contributed by atoms with E-state index >= 15 is 0 Å². The molecule has 3 aromatic rings. The van der Waals surface area contributed by atoms with Crippen molar-refractivity contribution in [2.45, 2.75) is 44.2 Å². The van der Waals surface area contributed by atoms with Crippen molar-refractivity contribution in [3.8, 4) is 11.5 Å². The standard InChI is InChI=1S/C28H30FN3O4/c1-35-23-16-22(17-24(18-23)36-2)32(28(34)25-10-6-7-15-30-25)26(19-11-13-20(29)14-12-19)27(33)31-21-8-4-3-5-9-21/h6-7,10-18,21,26H,3-5,8-9H2,1-2H3,(H,31,33)/t26-/m0/s1. The van der Waals surface area contributed by atoms with Gasteiger partial charge in [0.2, 0.25) is 5.91 Å². The van der Waals surface area contributed by atoms with E-state index in [2.05, 4.69) is 10.3 Å². The zero-order valence-electron chi connectivity index (χ0n) is 20.4. The number of carbonyl (C=O) groups is 2. The average Bonchev–Trinajstić information content (AvgIpc) is 2.92. The van der Waals surface area contributed by atoms with Crippen LogP contribution in [0.5, 0.6) is 11.5 Å². The number of ether oxygens (including phenoxy) is 2. The Bertz CT molecular complexity index is 1160. The lowest BCUT2D eigenvalue weighted by Crippen LogP contribution is -2.47. The number of rotatable bonds is 8. The van der Waals surface area contributed by atoms with Crippen molar-refractivity contribution in [1.29, 1.82) is 0 Å². The summed E-state index contributed by atoms with van der Waals surface area (Å²) in [7, 11) is 3.02. The van der Waals surface area contributed by atoms with Crippen LogP contribution in [-0.4, -0.2) is 37.1 Å². The minimum atomic E-state index is -1.08. The van der Waals surface area contributed by atoms with Crippen LogP contribution in [0.1, 0.15) is 54.2 Å². The number of benzene rings is 2. The van der Waals surface area contributed by atoms with Crippen molar-refractivity contribution in [3.05, 3.63) is 83.9 Å². The van der Waals surface area contributed by atoms with Crippen LogP contribution in [0.4, 0.5) is 10.1 Å². The molecule has 1 saturated carbocycles. The van der Waals surface area contributed by atoms with Crippen molar-refractivity contribution < 1.29 is 23.5 Å². The molecule has 1 fully saturated rings. The molecule has 1 N–H and O–H groups in total. The third-order valence-electron chi connectivity index (χ3n) is 6.36. The maximum absolute atomic E-state index is 14.0. The fourth-order valence-corrected chi connectivity index (χ4v) is 4.52. The molecule has 0 unspecified atom stereocenters. The molecule has 4 rings (SSSR count). The lowest BCUT2D eigenvalue weighted by atomic mass is 9.94. The van der Waals surface area contributed by atoms with E-state index in [9.17, 15) is 14.0 Å². The largest absolute Gasteiger partial charge is 0.497 e. The molecule has 1 aromatic heterocycles. The van der Waals surface area contributed by atoms with Crippen molar-refractivity contribution in [1.82, 2.24) is 10.3 Å². The van der Waals surface area contributed by atoms with Gasteiger partial charge in [-0.15, -0.1) is 0 Å². The summed E-state index contributed by atoms with van der Waals surface area (Å²) in [5, 5.41) is 3.14. The van der Waals surface area contributed by atoms with Crippen LogP contribution in [0.15, 0.2) is 66.9 Å². The minimum Gasteiger partial charge on any atom is -0.497 e. The first-order chi connectivity index (χ1) is 17.5. The number of carbonyl (C=O) groups excluding carboxylic acids is 2. The number of aromatic nitrogens is 1. The molecule has 0 aliphatic heterocycles. The van der Waals surface area contributed by atoms with Gasteiger partial charge in [-0.05, 0) is 42.7 Å². The van der Waals surface area contributed by atoms with E-state index in [0.717, 1.165) is 32.1 Å². The fourth-order valence-electron chi connectivity index (χ4n) is 4.52. The van der Waals surface area contributed by atoms with Crippen LogP contribution in [0.2, 0.25) is 0 Å². The summed E-state index contributed by atoms with van der Waals surface area (Å²) in [4.78, 5) is 33.4. The molecule has 8 heteroatoms. The van der Waals surface area contributed by atoms with E-state index in [-0.39, 0.29) is 17.6 Å². The van der Waals surface area contributed by atoms with Crippen LogP contribution in [0.25, 0.3) is 0 Å². The van der Waals surface area contributed by atoms with E-state index in [4.69, 9.17) is 9.47 Å². The van der Waals surface area contributed by atoms with E-state index in [1.807, 2.05) is 0 Å². The van der Waals surface area contributed by atoms with Crippen molar-refractivity contribution in [3.63, 3.8) is 0 Å². The SMILES string of the molecule is COc1cc(OC)cc(N(C(=O)c2ccccn2)[C@H](C(=O)NC2CCCCC2)c2ccc(F)cc2)c1. The first kappa shape index (κ1) is 25.2. The number of anilines is 1. The summed E-state index contributed by atoms with van der Waals surface area (Å²) < 4.78 is 24.7. The Hall–Kier alpha value is -3.94. The van der Waals surface area contributed by atoms with Gasteiger partial charge in [0.25, 0.3) is 5.91 Å². The Kier molecular flexibility index (Phi) is 8.15. The van der Waals surface area contributed by atoms with Gasteiger partial charge in [0.15, 0.2) is 0 Å². The number of amides is 2. The van der Waals surface area contributed by atoms with Gasteiger partial charge in [-0.1, -0.05) is 37.5 Å². The quantitative estimate of drug-likeness (QED) is 0.476. The molecule has 2 aromatic carbocycles. The second kappa shape index (κ2) is 11.7. The predicted octanol–water partition coefficient (Wildman–Crippen LogP) is 5.07. The van der Waals surface area contributed by atoms with Crippen LogP contribution in [0.3, 0.4) is 0 Å². The molecule has 1 aliphatic rings. The first-order valence-electron chi connectivity index (χ1n) is 12.0. The topological polar surface area (TPSA) is 80.8 Å². The number of hydrogen-bond donors (Lipinski definition) is 1. The monoisotopic (exact) mass is 491 g/mol. The number of nitrogens with zero attached hydrogens (tertiary/aromatic N) is 2. The molecular weight excluding hydrogens is 461 g/mol. The Morgan fingerprint density at radius 3 is 2.22 bits per heavy atom. The number of methoxy groups -OCH3 is 2. The summed E-state index contributed by atoms with van der Waals surface area (Å²) in [6.07, 6.45) is 6.49. The highest BCUT2D eigenvalue weighted by Crippen LogP contribution is 2.35. The van der Waals surface area contributed by atoms with Crippen LogP contribution in [-0.2, 0) is 4.79 Å². The lowest BCUT2D eigenvalue weighted by Gasteiger charge is -2.33. The Morgan fingerprint density at radius 1 is 0.972 bits per heavy atom. The summed E-state index contributed by atoms with van der Waals surface area (Å²) in [6, 6.07) is 14.6. The number of halogens is 1. The Balaban J connectivity index is 1.85. The number of hydrogen-bond acceptors (Lipinski definition) is 5. The molecule has 0 bridgehead atoms. The van der Waals surface area contributed by atoms with Gasteiger partial charge >= 0.3 is 0 Å². The summed E-state index contributed by atoms with van der Waals surface area (Å²) in [6.45, 7) is 0. The van der Waals surface area contributed by atoms with Crippen LogP contribution >= 0.6 is 0 Å². The molecule has 0 saturated heterocycles. The summed E-state index contributed by atoms with van der Waals surface area (Å²) in [5.41, 5.74) is 1.02. The second-order valence-corrected chi connectivity index (χ2v) is 8.76. The minimum absolute atomic E-state index is 0.0147. The number of nitrogens with one attached hydrogen (secondary N) is 1. The second-order valence-electron chi connectivity index (χ2n) is 8.76. The van der Waals surface area contributed by atoms with Gasteiger partial charge in [-0.25, -0.2) is 4.39 Å². The maximum atomic E-state index is 14.0. The van der Waals surface area contributed by atoms with E-state index in [1.165, 1.54) is 49.6 Å². The normalized spacial score (nSPS) is 14.5. The highest BCUT2D eigenvalue weighted by atomic mass is 19.1. The van der Waals surface area contributed by atoms with Crippen molar-refractivity contribution in [2.24, 2.45) is 0 Å². The lowest BCUT2D eigenvalue weighted by molar-refractivity contribution is -0.123. The third-order valence-corrected chi connectivity index (χ3v) is 6.36. The molecule has 0 radical (unpaired) electrons. The molecule has 188 valence electrons. The van der Waals surface area contributed by atoms with E-state index in [1.54, 1.807) is 36.4 Å². The molecule has 0 spiro atoms. The van der Waals surface area contributed by atoms with Crippen LogP contribution in [0, 0.1) is 5.82 Å². The predicted molar refractivity (Wildman–Crippen MR) is 135 cm³/mol. The fraction of sp³-hybridized carbons (Fsp3) is 0.321. The molecular formula is C28H30FN3O4. The molecule has 7 nitrogen and oxygen atoms in total. The van der Waals surface area contributed by atoms with Crippen molar-refractivity contribution in [2.75, 3.05) is 19.1 Å². The van der Waals surface area contributed by atoms with Crippen molar-refractivity contribution >= 4 is 17.5 Å². The highest BCUT2D eigenvalue weighted by Gasteiger charge is 2.35. The average molecular weight is 492 g/mol. The highest BCUT2D eigenvalue weighted by molar-refractivity contribution is 6.09. The zero-order chi connectivity index (χ0) is 25.5. The first-order valence-corrected chi connectivity index (χ1v) is 12.0. The van der Waals surface area contributed by atoms with Gasteiger partial charge in [-0.3, -0.25) is 19.5 Å². The molecule has 1 atom stereocenters. The summed E-state index contributed by atoms with van der Waals surface area (Å²) in [5.74, 6) is -0.364. The maximum Gasteiger partial charge on any atom is 0.277 e. The molecule has 36 heavy (non-hydrogen) atoms. The zero-order valence-corrected chi connectivity index (χ0v) is 20.4. The molecule has 1 heterocycles. The number of pyridine rings is 1. The van der Waals surface area contributed by atoms with Gasteiger partial charge in [0.1, 0.15) is 29.1 Å². The van der Waals surface area contributed by atoms with Gasteiger partial charge in [0, 0.05) is 30.4 Å². The Labute approximate surface area is 210 Å². The van der Waals surface area contributed by atoms with Gasteiger partial charge in [-0.2, -0.15) is 0 Å². The van der Waals surface area contributed by atoms with E-state index in [0.29, 0.717) is 22.7 Å². The third kappa shape index (κ3) is 5.82. The Morgan fingerprint density at radius 2 is 1.64 bits per heavy atom. The summed E-state index contributed by atoms with van der Waals surface area (Å²) >= 11 is 0. The molecule has 1 aliphatic carbocycles. The molecule has 2 amide bonds. The van der Waals surface area contributed by atoms with Crippen LogP contribution < -0.4 is 19.7 Å². The van der Waals surface area contributed by atoms with Gasteiger partial charge in [0.05, 0.1) is 19.9 Å². The van der Waals surface area contributed by atoms with E-state index < -0.39 is 17.8 Å². The van der Waals surface area contributed by atoms with Gasteiger partial charge < -0.3 is 14.8 Å².